The van der Waals surface area contributed by atoms with Gasteiger partial charge in [0.25, 0.3) is 0 Å². The van der Waals surface area contributed by atoms with Crippen LogP contribution >= 0.6 is 11.6 Å². The summed E-state index contributed by atoms with van der Waals surface area (Å²) in [6.45, 7) is 3.46. The molecule has 0 amide bonds. The van der Waals surface area contributed by atoms with Gasteiger partial charge in [0.15, 0.2) is 5.69 Å². The number of nitrogens with zero attached hydrogens (tertiary/aromatic N) is 6. The topological polar surface area (TPSA) is 114 Å². The third kappa shape index (κ3) is 6.12. The first-order valence-corrected chi connectivity index (χ1v) is 12.0. The summed E-state index contributed by atoms with van der Waals surface area (Å²) in [5.74, 6) is 0.555. The van der Waals surface area contributed by atoms with Crippen LogP contribution in [0.3, 0.4) is 0 Å². The fourth-order valence-corrected chi connectivity index (χ4v) is 4.26. The number of pyridine rings is 2. The van der Waals surface area contributed by atoms with Gasteiger partial charge >= 0.3 is 6.18 Å². The van der Waals surface area contributed by atoms with Gasteiger partial charge < -0.3 is 15.0 Å². The molecule has 1 aliphatic heterocycles. The lowest BCUT2D eigenvalue weighted by Gasteiger charge is -2.35. The van der Waals surface area contributed by atoms with E-state index in [0.29, 0.717) is 17.3 Å². The maximum Gasteiger partial charge on any atom is 0.419 e. The summed E-state index contributed by atoms with van der Waals surface area (Å²) < 4.78 is 47.4. The highest BCUT2D eigenvalue weighted by atomic mass is 35.5. The molecule has 9 nitrogen and oxygen atoms in total. The van der Waals surface area contributed by atoms with Crippen molar-refractivity contribution in [3.8, 4) is 23.1 Å². The monoisotopic (exact) mass is 544 g/mol. The number of piperazine rings is 1. The average molecular weight is 545 g/mol. The van der Waals surface area contributed by atoms with E-state index in [4.69, 9.17) is 21.9 Å². The van der Waals surface area contributed by atoms with E-state index in [1.807, 2.05) is 12.1 Å². The first-order chi connectivity index (χ1) is 18.2. The molecule has 2 aromatic heterocycles. The Morgan fingerprint density at radius 3 is 2.55 bits per heavy atom. The predicted molar refractivity (Wildman–Crippen MR) is 137 cm³/mol. The number of nitriles is 1. The lowest BCUT2D eigenvalue weighted by molar-refractivity contribution is -0.138. The van der Waals surface area contributed by atoms with Gasteiger partial charge in [0.05, 0.1) is 22.0 Å². The van der Waals surface area contributed by atoms with Gasteiger partial charge in [-0.15, -0.1) is 0 Å². The highest BCUT2D eigenvalue weighted by Gasteiger charge is 2.35. The number of nitrogens with one attached hydrogen (secondary N) is 2. The van der Waals surface area contributed by atoms with E-state index < -0.39 is 11.7 Å². The maximum atomic E-state index is 13.9. The molecular weight excluding hydrogens is 521 g/mol. The molecule has 0 aliphatic carbocycles. The van der Waals surface area contributed by atoms with Gasteiger partial charge in [0, 0.05) is 51.5 Å². The van der Waals surface area contributed by atoms with Crippen molar-refractivity contribution in [3.63, 3.8) is 0 Å². The van der Waals surface area contributed by atoms with Gasteiger partial charge in [0.2, 0.25) is 0 Å². The van der Waals surface area contributed by atoms with E-state index in [1.165, 1.54) is 18.2 Å². The Labute approximate surface area is 222 Å². The summed E-state index contributed by atoms with van der Waals surface area (Å²) in [6, 6.07) is 10.6. The molecule has 0 unspecified atom stereocenters. The van der Waals surface area contributed by atoms with Gasteiger partial charge in [-0.2, -0.15) is 23.5 Å². The minimum Gasteiger partial charge on any atom is -0.492 e. The van der Waals surface area contributed by atoms with Crippen LogP contribution in [0.5, 0.6) is 5.75 Å². The van der Waals surface area contributed by atoms with Crippen molar-refractivity contribution in [2.75, 3.05) is 56.6 Å². The Kier molecular flexibility index (Phi) is 8.29. The fourth-order valence-electron chi connectivity index (χ4n) is 4.14. The third-order valence-electron chi connectivity index (χ3n) is 6.13. The van der Waals surface area contributed by atoms with Crippen LogP contribution in [-0.4, -0.2) is 61.2 Å². The molecule has 4 rings (SSSR count). The number of rotatable bonds is 8. The molecule has 3 heterocycles. The second-order valence-electron chi connectivity index (χ2n) is 8.45. The van der Waals surface area contributed by atoms with Crippen molar-refractivity contribution in [3.05, 3.63) is 58.9 Å². The predicted octanol–water partition coefficient (Wildman–Crippen LogP) is 5.59. The quantitative estimate of drug-likeness (QED) is 0.355. The van der Waals surface area contributed by atoms with E-state index in [-0.39, 0.29) is 35.0 Å². The SMILES string of the molecule is CNc1cc(-c2ccc(OCCN3CCN(c4ccc(Cl)cn4)CC3)c(C(F)(F)F)c2)nc(C#N)c1N=N. The van der Waals surface area contributed by atoms with Crippen LogP contribution in [0.15, 0.2) is 47.7 Å². The number of halogens is 4. The van der Waals surface area contributed by atoms with Crippen LogP contribution in [0, 0.1) is 16.9 Å². The van der Waals surface area contributed by atoms with Crippen molar-refractivity contribution in [1.29, 1.82) is 10.8 Å². The summed E-state index contributed by atoms with van der Waals surface area (Å²) >= 11 is 5.90. The highest BCUT2D eigenvalue weighted by Crippen LogP contribution is 2.40. The van der Waals surface area contributed by atoms with Crippen LogP contribution in [0.4, 0.5) is 30.4 Å². The Morgan fingerprint density at radius 2 is 1.95 bits per heavy atom. The Morgan fingerprint density at radius 1 is 1.18 bits per heavy atom. The van der Waals surface area contributed by atoms with Crippen molar-refractivity contribution >= 4 is 28.8 Å². The zero-order valence-electron chi connectivity index (χ0n) is 20.4. The van der Waals surface area contributed by atoms with Gasteiger partial charge in [-0.05, 0) is 36.4 Å². The summed E-state index contributed by atoms with van der Waals surface area (Å²) in [7, 11) is 1.56. The van der Waals surface area contributed by atoms with E-state index >= 15 is 0 Å². The summed E-state index contributed by atoms with van der Waals surface area (Å²) in [5, 5.41) is 16.0. The van der Waals surface area contributed by atoms with Gasteiger partial charge in [-0.25, -0.2) is 15.5 Å². The lowest BCUT2D eigenvalue weighted by Crippen LogP contribution is -2.47. The van der Waals surface area contributed by atoms with E-state index in [9.17, 15) is 18.4 Å². The first-order valence-electron chi connectivity index (χ1n) is 11.7. The van der Waals surface area contributed by atoms with Crippen molar-refractivity contribution in [2.45, 2.75) is 6.18 Å². The molecule has 1 saturated heterocycles. The van der Waals surface area contributed by atoms with E-state index in [0.717, 1.165) is 38.1 Å². The van der Waals surface area contributed by atoms with E-state index in [1.54, 1.807) is 19.3 Å². The van der Waals surface area contributed by atoms with Crippen LogP contribution in [0.2, 0.25) is 5.02 Å². The number of benzene rings is 1. The number of ether oxygens (including phenoxy) is 1. The molecule has 0 spiro atoms. The van der Waals surface area contributed by atoms with Crippen LogP contribution in [0.25, 0.3) is 11.3 Å². The minimum absolute atomic E-state index is 0.0139. The minimum atomic E-state index is -4.66. The molecule has 2 N–H and O–H groups in total. The molecule has 3 aromatic rings. The average Bonchev–Trinajstić information content (AvgIpc) is 2.92. The summed E-state index contributed by atoms with van der Waals surface area (Å²) in [4.78, 5) is 12.7. The Balaban J connectivity index is 1.44. The summed E-state index contributed by atoms with van der Waals surface area (Å²) in [5.41, 5.74) is 6.78. The largest absolute Gasteiger partial charge is 0.492 e. The van der Waals surface area contributed by atoms with Crippen molar-refractivity contribution in [2.24, 2.45) is 5.11 Å². The zero-order chi connectivity index (χ0) is 27.3. The smallest absolute Gasteiger partial charge is 0.419 e. The first kappa shape index (κ1) is 27.1. The molecule has 0 saturated carbocycles. The number of alkyl halides is 3. The van der Waals surface area contributed by atoms with Crippen molar-refractivity contribution in [1.82, 2.24) is 14.9 Å². The zero-order valence-corrected chi connectivity index (χ0v) is 21.1. The molecular formula is C25H24ClF3N8O. The van der Waals surface area contributed by atoms with Gasteiger partial charge in [0.1, 0.15) is 29.9 Å². The molecule has 1 aliphatic rings. The number of aromatic nitrogens is 2. The van der Waals surface area contributed by atoms with E-state index in [2.05, 4.69) is 30.2 Å². The third-order valence-corrected chi connectivity index (χ3v) is 6.36. The molecule has 13 heteroatoms. The summed E-state index contributed by atoms with van der Waals surface area (Å²) in [6.07, 6.45) is -3.07. The van der Waals surface area contributed by atoms with Crippen LogP contribution in [-0.2, 0) is 6.18 Å². The lowest BCUT2D eigenvalue weighted by atomic mass is 10.0. The van der Waals surface area contributed by atoms with Crippen LogP contribution in [0.1, 0.15) is 11.3 Å². The Bertz CT molecular complexity index is 1340. The normalized spacial score (nSPS) is 14.2. The maximum absolute atomic E-state index is 13.9. The second kappa shape index (κ2) is 11.6. The molecule has 0 bridgehead atoms. The van der Waals surface area contributed by atoms with Crippen molar-refractivity contribution < 1.29 is 17.9 Å². The number of anilines is 2. The van der Waals surface area contributed by atoms with Gasteiger partial charge in [-0.1, -0.05) is 11.6 Å². The molecule has 0 atom stereocenters. The van der Waals surface area contributed by atoms with Gasteiger partial charge in [-0.3, -0.25) is 4.90 Å². The number of hydrogen-bond donors (Lipinski definition) is 2. The second-order valence-corrected chi connectivity index (χ2v) is 8.88. The molecule has 1 aromatic carbocycles. The molecule has 1 fully saturated rings. The van der Waals surface area contributed by atoms with Crippen LogP contribution < -0.4 is 15.0 Å². The highest BCUT2D eigenvalue weighted by molar-refractivity contribution is 6.30. The molecule has 198 valence electrons. The number of hydrogen-bond acceptors (Lipinski definition) is 9. The fraction of sp³-hybridized carbons (Fsp3) is 0.320. The molecule has 38 heavy (non-hydrogen) atoms. The molecule has 0 radical (unpaired) electrons. The Hall–Kier alpha value is -3.95. The standard InChI is InChI=1S/C25H24ClF3N8O/c1-32-20-13-19(34-21(14-30)24(20)35-31)16-2-4-22(18(12-16)25(27,28)29)38-11-10-36-6-8-37(9-7-36)23-5-3-17(26)15-33-23/h2-5,12-13,15,31H,6-11H2,1H3,(H,32,34).